The summed E-state index contributed by atoms with van der Waals surface area (Å²) < 4.78 is 1.99. The molecule has 0 aliphatic heterocycles. The molecule has 1 heterocycles. The molecule has 1 aromatic rings. The highest BCUT2D eigenvalue weighted by atomic mass is 16.1. The topological polar surface area (TPSA) is 83.1 Å². The van der Waals surface area contributed by atoms with E-state index in [-0.39, 0.29) is 11.9 Å². The fourth-order valence-electron chi connectivity index (χ4n) is 2.89. The minimum Gasteiger partial charge on any atom is -0.352 e. The number of amides is 1. The Hall–Kier alpha value is -2.16. The lowest BCUT2D eigenvalue weighted by Crippen LogP contribution is -2.41. The second kappa shape index (κ2) is 9.09. The molecule has 0 saturated heterocycles. The van der Waals surface area contributed by atoms with Gasteiger partial charge in [0.25, 0.3) is 0 Å². The lowest BCUT2D eigenvalue weighted by Gasteiger charge is -2.23. The maximum Gasteiger partial charge on any atom is 0.243 e. The Morgan fingerprint density at radius 2 is 2.26 bits per heavy atom. The molecule has 1 unspecified atom stereocenters. The van der Waals surface area contributed by atoms with E-state index in [1.54, 1.807) is 19.4 Å². The van der Waals surface area contributed by atoms with Gasteiger partial charge in [0, 0.05) is 37.2 Å². The number of hydrogen-bond donors (Lipinski definition) is 1. The second-order valence-corrected chi connectivity index (χ2v) is 6.08. The van der Waals surface area contributed by atoms with Crippen molar-refractivity contribution in [3.05, 3.63) is 18.7 Å². The van der Waals surface area contributed by atoms with Crippen molar-refractivity contribution >= 4 is 11.6 Å². The van der Waals surface area contributed by atoms with Gasteiger partial charge in [-0.15, -0.1) is 0 Å². The summed E-state index contributed by atoms with van der Waals surface area (Å²) in [7, 11) is 0. The average Bonchev–Trinajstić information content (AvgIpc) is 3.06. The third kappa shape index (κ3) is 5.51. The van der Waals surface area contributed by atoms with Gasteiger partial charge in [0.2, 0.25) is 5.91 Å². The van der Waals surface area contributed by atoms with Crippen molar-refractivity contribution < 1.29 is 4.79 Å². The molecule has 23 heavy (non-hydrogen) atoms. The van der Waals surface area contributed by atoms with Gasteiger partial charge < -0.3 is 9.88 Å². The quantitative estimate of drug-likeness (QED) is 0.619. The van der Waals surface area contributed by atoms with Gasteiger partial charge in [-0.3, -0.25) is 9.79 Å². The molecule has 1 N–H and O–H groups in total. The highest BCUT2D eigenvalue weighted by Crippen LogP contribution is 2.17. The molecular formula is C17H25N5O. The number of nitrogens with one attached hydrogen (secondary N) is 1. The number of nitrogens with zero attached hydrogens (tertiary/aromatic N) is 4. The van der Waals surface area contributed by atoms with E-state index in [9.17, 15) is 10.1 Å². The van der Waals surface area contributed by atoms with Crippen molar-refractivity contribution in [2.45, 2.75) is 58.0 Å². The van der Waals surface area contributed by atoms with Gasteiger partial charge >= 0.3 is 0 Å². The molecule has 1 atom stereocenters. The summed E-state index contributed by atoms with van der Waals surface area (Å²) in [5.41, 5.74) is 0.603. The van der Waals surface area contributed by atoms with Crippen LogP contribution < -0.4 is 5.32 Å². The predicted octanol–water partition coefficient (Wildman–Crippen LogP) is 2.32. The molecule has 0 aromatic carbocycles. The van der Waals surface area contributed by atoms with Crippen molar-refractivity contribution in [3.63, 3.8) is 0 Å². The third-order valence-corrected chi connectivity index (χ3v) is 4.26. The Morgan fingerprint density at radius 3 is 2.91 bits per heavy atom. The molecule has 2 rings (SSSR count). The monoisotopic (exact) mass is 315 g/mol. The van der Waals surface area contributed by atoms with Crippen molar-refractivity contribution in [1.29, 1.82) is 5.26 Å². The van der Waals surface area contributed by atoms with Gasteiger partial charge in [-0.05, 0) is 26.2 Å². The zero-order valence-corrected chi connectivity index (χ0v) is 13.7. The maximum absolute atomic E-state index is 12.3. The average molecular weight is 315 g/mol. The third-order valence-electron chi connectivity index (χ3n) is 4.26. The molecule has 1 aliphatic rings. The molecule has 124 valence electrons. The summed E-state index contributed by atoms with van der Waals surface area (Å²) >= 11 is 0. The molecule has 0 bridgehead atoms. The molecule has 6 nitrogen and oxygen atoms in total. The number of nitriles is 1. The molecule has 0 radical (unpaired) electrons. The van der Waals surface area contributed by atoms with Crippen LogP contribution in [0.3, 0.4) is 0 Å². The highest BCUT2D eigenvalue weighted by molar-refractivity contribution is 6.05. The van der Waals surface area contributed by atoms with Gasteiger partial charge in [0.1, 0.15) is 0 Å². The maximum atomic E-state index is 12.3. The van der Waals surface area contributed by atoms with Crippen LogP contribution >= 0.6 is 0 Å². The first-order valence-electron chi connectivity index (χ1n) is 8.37. The normalized spacial score (nSPS) is 17.5. The summed E-state index contributed by atoms with van der Waals surface area (Å²) in [4.78, 5) is 20.7. The van der Waals surface area contributed by atoms with E-state index in [0.717, 1.165) is 38.6 Å². The Bertz CT molecular complexity index is 552. The van der Waals surface area contributed by atoms with Gasteiger partial charge in [0.05, 0.1) is 12.4 Å². The van der Waals surface area contributed by atoms with Gasteiger partial charge in [0.15, 0.2) is 5.92 Å². The van der Waals surface area contributed by atoms with Crippen LogP contribution in [0.5, 0.6) is 0 Å². The lowest BCUT2D eigenvalue weighted by atomic mass is 9.94. The van der Waals surface area contributed by atoms with E-state index in [2.05, 4.69) is 21.4 Å². The summed E-state index contributed by atoms with van der Waals surface area (Å²) in [6, 6.07) is 2.31. The summed E-state index contributed by atoms with van der Waals surface area (Å²) in [6.07, 6.45) is 11.9. The summed E-state index contributed by atoms with van der Waals surface area (Å²) in [6.45, 7) is 3.22. The Kier molecular flexibility index (Phi) is 6.79. The number of hydrogen-bond acceptors (Lipinski definition) is 4. The molecule has 1 fully saturated rings. The minimum atomic E-state index is -0.773. The standard InChI is InChI=1S/C17H25N5O/c1-14(20-8-5-10-22-11-9-19-13-22)16(12-18)17(23)21-15-6-3-2-4-7-15/h9,11,13,15-16H,2-8,10H2,1H3,(H,21,23). The SMILES string of the molecule is CC(=NCCCn1ccnc1)C(C#N)C(=O)NC1CCCCC1. The Morgan fingerprint density at radius 1 is 1.48 bits per heavy atom. The molecule has 1 aliphatic carbocycles. The van der Waals surface area contributed by atoms with E-state index in [1.807, 2.05) is 10.8 Å². The largest absolute Gasteiger partial charge is 0.352 e. The number of rotatable bonds is 7. The van der Waals surface area contributed by atoms with Crippen LogP contribution in [0.15, 0.2) is 23.7 Å². The zero-order valence-electron chi connectivity index (χ0n) is 13.7. The molecule has 1 saturated carbocycles. The molecule has 0 spiro atoms. The van der Waals surface area contributed by atoms with Crippen LogP contribution in [0.4, 0.5) is 0 Å². The Labute approximate surface area is 137 Å². The first-order valence-corrected chi connectivity index (χ1v) is 8.37. The lowest BCUT2D eigenvalue weighted by molar-refractivity contribution is -0.122. The van der Waals surface area contributed by atoms with Gasteiger partial charge in [-0.1, -0.05) is 19.3 Å². The van der Waals surface area contributed by atoms with E-state index in [1.165, 1.54) is 6.42 Å². The Balaban J connectivity index is 1.79. The first kappa shape index (κ1) is 17.2. The fourth-order valence-corrected chi connectivity index (χ4v) is 2.89. The van der Waals surface area contributed by atoms with Crippen LogP contribution in [0.1, 0.15) is 45.4 Å². The smallest absolute Gasteiger partial charge is 0.243 e. The second-order valence-electron chi connectivity index (χ2n) is 6.08. The van der Waals surface area contributed by atoms with Crippen molar-refractivity contribution in [2.24, 2.45) is 10.9 Å². The predicted molar refractivity (Wildman–Crippen MR) is 88.9 cm³/mol. The van der Waals surface area contributed by atoms with E-state index in [0.29, 0.717) is 12.3 Å². The number of aliphatic imine (C=N–C) groups is 1. The van der Waals surface area contributed by atoms with Crippen LogP contribution in [-0.2, 0) is 11.3 Å². The molecule has 1 aromatic heterocycles. The minimum absolute atomic E-state index is 0.199. The van der Waals surface area contributed by atoms with Crippen molar-refractivity contribution in [1.82, 2.24) is 14.9 Å². The van der Waals surface area contributed by atoms with E-state index in [4.69, 9.17) is 0 Å². The van der Waals surface area contributed by atoms with E-state index >= 15 is 0 Å². The van der Waals surface area contributed by atoms with Crippen LogP contribution in [0.25, 0.3) is 0 Å². The zero-order chi connectivity index (χ0) is 16.5. The summed E-state index contributed by atoms with van der Waals surface area (Å²) in [5.74, 6) is -0.972. The molecule has 6 heteroatoms. The van der Waals surface area contributed by atoms with Crippen LogP contribution in [0, 0.1) is 17.2 Å². The van der Waals surface area contributed by atoms with Gasteiger partial charge in [-0.2, -0.15) is 5.26 Å². The molecular weight excluding hydrogens is 290 g/mol. The van der Waals surface area contributed by atoms with Crippen LogP contribution in [-0.4, -0.2) is 33.8 Å². The van der Waals surface area contributed by atoms with Crippen molar-refractivity contribution in [3.8, 4) is 6.07 Å². The fraction of sp³-hybridized carbons (Fsp3) is 0.647. The van der Waals surface area contributed by atoms with Gasteiger partial charge in [-0.25, -0.2) is 4.98 Å². The number of aromatic nitrogens is 2. The summed E-state index contributed by atoms with van der Waals surface area (Å²) in [5, 5.41) is 12.3. The number of carbonyl (C=O) groups excluding carboxylic acids is 1. The van der Waals surface area contributed by atoms with Crippen molar-refractivity contribution in [2.75, 3.05) is 6.54 Å². The molecule has 1 amide bonds. The number of imidazole rings is 1. The number of aryl methyl sites for hydroxylation is 1. The number of carbonyl (C=O) groups is 1. The highest BCUT2D eigenvalue weighted by Gasteiger charge is 2.24. The van der Waals surface area contributed by atoms with E-state index < -0.39 is 5.92 Å². The first-order chi connectivity index (χ1) is 11.2. The van der Waals surface area contributed by atoms with Crippen LogP contribution in [0.2, 0.25) is 0 Å².